The summed E-state index contributed by atoms with van der Waals surface area (Å²) in [5.74, 6) is -1.90. The summed E-state index contributed by atoms with van der Waals surface area (Å²) in [4.78, 5) is 19.8. The highest BCUT2D eigenvalue weighted by molar-refractivity contribution is 7.99. The minimum atomic E-state index is -4.79. The van der Waals surface area contributed by atoms with Crippen LogP contribution in [0.2, 0.25) is 0 Å². The number of benzene rings is 1. The van der Waals surface area contributed by atoms with Gasteiger partial charge in [0.05, 0.1) is 6.26 Å². The maximum absolute atomic E-state index is 13.2. The molecule has 1 amide bonds. The van der Waals surface area contributed by atoms with Gasteiger partial charge in [0.1, 0.15) is 22.9 Å². The monoisotopic (exact) mass is 589 g/mol. The number of furan rings is 1. The van der Waals surface area contributed by atoms with E-state index in [-0.39, 0.29) is 34.5 Å². The first-order chi connectivity index (χ1) is 18.1. The highest BCUT2D eigenvalue weighted by Gasteiger charge is 2.34. The molecule has 0 unspecified atom stereocenters. The Bertz CT molecular complexity index is 1230. The van der Waals surface area contributed by atoms with Crippen molar-refractivity contribution < 1.29 is 58.2 Å². The molecule has 0 aliphatic rings. The second kappa shape index (κ2) is 12.0. The van der Waals surface area contributed by atoms with Gasteiger partial charge in [0.15, 0.2) is 24.1 Å². The third kappa shape index (κ3) is 10.2. The summed E-state index contributed by atoms with van der Waals surface area (Å²) in [6, 6.07) is 6.19. The summed E-state index contributed by atoms with van der Waals surface area (Å²) < 4.78 is 129. The van der Waals surface area contributed by atoms with Crippen LogP contribution < -0.4 is 14.8 Å². The Morgan fingerprint density at radius 1 is 0.897 bits per heavy atom. The van der Waals surface area contributed by atoms with E-state index in [1.54, 1.807) is 0 Å². The van der Waals surface area contributed by atoms with E-state index in [4.69, 9.17) is 4.42 Å². The van der Waals surface area contributed by atoms with Crippen molar-refractivity contribution in [1.82, 2.24) is 9.97 Å². The third-order valence-corrected chi connectivity index (χ3v) is 5.15. The van der Waals surface area contributed by atoms with Gasteiger partial charge < -0.3 is 19.2 Å². The number of hydrogen-bond acceptors (Lipinski definition) is 7. The maximum Gasteiger partial charge on any atom is 0.433 e. The number of thioether (sulfide) groups is 1. The topological polar surface area (TPSA) is 86.5 Å². The van der Waals surface area contributed by atoms with Crippen LogP contribution in [0.5, 0.6) is 11.5 Å². The zero-order valence-electron chi connectivity index (χ0n) is 19.2. The van der Waals surface area contributed by atoms with E-state index in [0.717, 1.165) is 18.2 Å². The van der Waals surface area contributed by atoms with Crippen LogP contribution in [0, 0.1) is 0 Å². The highest BCUT2D eigenvalue weighted by atomic mass is 32.2. The minimum Gasteiger partial charge on any atom is -0.484 e. The van der Waals surface area contributed by atoms with Gasteiger partial charge in [-0.15, -0.1) is 0 Å². The van der Waals surface area contributed by atoms with Crippen LogP contribution in [0.1, 0.15) is 12.1 Å². The van der Waals surface area contributed by atoms with Gasteiger partial charge in [0.2, 0.25) is 5.91 Å². The number of halogens is 9. The Kier molecular flexibility index (Phi) is 9.24. The Balaban J connectivity index is 1.68. The fourth-order valence-corrected chi connectivity index (χ4v) is 3.58. The lowest BCUT2D eigenvalue weighted by atomic mass is 10.2. The first-order valence-corrected chi connectivity index (χ1v) is 11.5. The van der Waals surface area contributed by atoms with E-state index >= 15 is 0 Å². The van der Waals surface area contributed by atoms with Crippen molar-refractivity contribution >= 4 is 23.4 Å². The Labute approximate surface area is 217 Å². The number of alkyl halides is 9. The molecule has 212 valence electrons. The van der Waals surface area contributed by atoms with Crippen LogP contribution in [0.3, 0.4) is 0 Å². The number of carbonyl (C=O) groups excluding carboxylic acids is 1. The lowest BCUT2D eigenvalue weighted by Gasteiger charge is -2.15. The molecule has 1 aromatic carbocycles. The molecule has 1 N–H and O–H groups in total. The normalized spacial score (nSPS) is 12.3. The van der Waals surface area contributed by atoms with E-state index < -0.39 is 54.8 Å². The molecule has 0 saturated carbocycles. The van der Waals surface area contributed by atoms with Crippen molar-refractivity contribution in [3.8, 4) is 23.0 Å². The van der Waals surface area contributed by atoms with Crippen LogP contribution in [0.4, 0.5) is 45.2 Å². The summed E-state index contributed by atoms with van der Waals surface area (Å²) in [6.07, 6.45) is -13.4. The van der Waals surface area contributed by atoms with Gasteiger partial charge in [-0.25, -0.2) is 9.97 Å². The average Bonchev–Trinajstić information content (AvgIpc) is 3.35. The van der Waals surface area contributed by atoms with Crippen molar-refractivity contribution in [3.63, 3.8) is 0 Å². The van der Waals surface area contributed by atoms with Gasteiger partial charge in [0, 0.05) is 36.1 Å². The maximum atomic E-state index is 13.2. The fourth-order valence-electron chi connectivity index (χ4n) is 2.78. The van der Waals surface area contributed by atoms with Crippen molar-refractivity contribution in [2.75, 3.05) is 24.3 Å². The highest BCUT2D eigenvalue weighted by Crippen LogP contribution is 2.33. The number of nitrogens with one attached hydrogen (secondary N) is 1. The molecular formula is C22H16F9N3O4S. The van der Waals surface area contributed by atoms with Gasteiger partial charge in [-0.3, -0.25) is 4.79 Å². The van der Waals surface area contributed by atoms with Crippen LogP contribution in [0.25, 0.3) is 11.5 Å². The van der Waals surface area contributed by atoms with Crippen LogP contribution in [-0.4, -0.2) is 47.2 Å². The smallest absolute Gasteiger partial charge is 0.433 e. The Morgan fingerprint density at radius 3 is 2.03 bits per heavy atom. The number of carbonyl (C=O) groups is 1. The molecule has 3 aromatic rings. The first kappa shape index (κ1) is 29.9. The Hall–Kier alpha value is -3.63. The predicted molar refractivity (Wildman–Crippen MR) is 118 cm³/mol. The number of aromatic nitrogens is 2. The molecule has 0 aliphatic carbocycles. The quantitative estimate of drug-likeness (QED) is 0.159. The molecule has 0 radical (unpaired) electrons. The van der Waals surface area contributed by atoms with Crippen LogP contribution in [0.15, 0.2) is 52.2 Å². The van der Waals surface area contributed by atoms with E-state index in [9.17, 15) is 44.3 Å². The molecule has 2 aromatic heterocycles. The molecule has 0 atom stereocenters. The molecule has 0 spiro atoms. The average molecular weight is 589 g/mol. The first-order valence-electron chi connectivity index (χ1n) is 10.5. The number of nitrogens with zero attached hydrogens (tertiary/aromatic N) is 2. The number of anilines is 1. The van der Waals surface area contributed by atoms with Crippen LogP contribution in [-0.2, 0) is 11.0 Å². The van der Waals surface area contributed by atoms with Crippen molar-refractivity contribution in [2.24, 2.45) is 0 Å². The van der Waals surface area contributed by atoms with Crippen molar-refractivity contribution in [1.29, 1.82) is 0 Å². The molecule has 3 rings (SSSR count). The number of rotatable bonds is 10. The summed E-state index contributed by atoms with van der Waals surface area (Å²) in [5, 5.41) is 1.95. The molecule has 2 heterocycles. The van der Waals surface area contributed by atoms with Crippen LogP contribution >= 0.6 is 11.8 Å². The molecule has 17 heteroatoms. The van der Waals surface area contributed by atoms with Crippen molar-refractivity contribution in [2.45, 2.75) is 30.1 Å². The molecule has 0 saturated heterocycles. The van der Waals surface area contributed by atoms with Gasteiger partial charge in [-0.05, 0) is 18.2 Å². The molecule has 0 fully saturated rings. The predicted octanol–water partition coefficient (Wildman–Crippen LogP) is 6.76. The summed E-state index contributed by atoms with van der Waals surface area (Å²) in [7, 11) is 0. The molecular weight excluding hydrogens is 573 g/mol. The second-order valence-corrected chi connectivity index (χ2v) is 8.61. The molecule has 39 heavy (non-hydrogen) atoms. The summed E-state index contributed by atoms with van der Waals surface area (Å²) in [6.45, 7) is -3.51. The summed E-state index contributed by atoms with van der Waals surface area (Å²) >= 11 is 0.705. The second-order valence-electron chi connectivity index (χ2n) is 7.54. The Morgan fingerprint density at radius 2 is 1.51 bits per heavy atom. The van der Waals surface area contributed by atoms with Gasteiger partial charge in [-0.1, -0.05) is 11.8 Å². The zero-order chi connectivity index (χ0) is 28.8. The largest absolute Gasteiger partial charge is 0.484 e. The number of ether oxygens (including phenoxy) is 2. The molecule has 7 nitrogen and oxygen atoms in total. The lowest BCUT2D eigenvalue weighted by molar-refractivity contribution is -0.154. The van der Waals surface area contributed by atoms with Crippen molar-refractivity contribution in [3.05, 3.63) is 48.4 Å². The molecule has 0 bridgehead atoms. The SMILES string of the molecule is O=C(CCSc1nc(-c2ccco2)cc(C(F)(F)F)n1)Nc1cc(OCC(F)(F)F)cc(OCC(F)(F)F)c1. The fraction of sp³-hybridized carbons (Fsp3) is 0.318. The standard InChI is InChI=1S/C22H16F9N3O4S/c23-20(24,25)10-37-13-6-12(7-14(8-13)38-11-21(26,27)28)32-18(35)3-5-39-19-33-15(16-2-1-4-36-16)9-17(34-19)22(29,30)31/h1-2,4,6-9H,3,5,10-11H2,(H,32,35). The van der Waals surface area contributed by atoms with Gasteiger partial charge in [-0.2, -0.15) is 39.5 Å². The lowest BCUT2D eigenvalue weighted by Crippen LogP contribution is -2.20. The summed E-state index contributed by atoms with van der Waals surface area (Å²) in [5.41, 5.74) is -1.62. The zero-order valence-corrected chi connectivity index (χ0v) is 20.0. The van der Waals surface area contributed by atoms with E-state index in [0.29, 0.717) is 17.8 Å². The number of hydrogen-bond donors (Lipinski definition) is 1. The van der Waals surface area contributed by atoms with Gasteiger partial charge >= 0.3 is 18.5 Å². The van der Waals surface area contributed by atoms with Gasteiger partial charge in [0.25, 0.3) is 0 Å². The van der Waals surface area contributed by atoms with E-state index in [1.807, 2.05) is 0 Å². The van der Waals surface area contributed by atoms with E-state index in [1.165, 1.54) is 18.4 Å². The third-order valence-electron chi connectivity index (χ3n) is 4.30. The minimum absolute atomic E-state index is 0.0543. The number of amides is 1. The van der Waals surface area contributed by atoms with E-state index in [2.05, 4.69) is 24.8 Å². The molecule has 0 aliphatic heterocycles.